The number of methoxy groups -OCH3 is 2. The molecule has 4 heteroatoms. The van der Waals surface area contributed by atoms with Gasteiger partial charge >= 0.3 is 0 Å². The van der Waals surface area contributed by atoms with Crippen LogP contribution in [0.15, 0.2) is 11.8 Å². The lowest BCUT2D eigenvalue weighted by Gasteiger charge is -2.24. The van der Waals surface area contributed by atoms with E-state index in [0.29, 0.717) is 5.76 Å². The van der Waals surface area contributed by atoms with Crippen LogP contribution in [-0.2, 0) is 9.47 Å². The van der Waals surface area contributed by atoms with Gasteiger partial charge in [-0.05, 0) is 19.9 Å². The van der Waals surface area contributed by atoms with Gasteiger partial charge in [0.15, 0.2) is 0 Å². The molecule has 0 spiro atoms. The standard InChI is InChI=1S/C9H18O4/c1-5-7(12-3)9(13-4)8(11)6(2)10/h5-6,8-11H,1-4H3/b7-5+. The molecule has 0 amide bonds. The lowest BCUT2D eigenvalue weighted by molar-refractivity contribution is -0.0701. The summed E-state index contributed by atoms with van der Waals surface area (Å²) in [6.45, 7) is 3.28. The smallest absolute Gasteiger partial charge is 0.142 e. The zero-order valence-corrected chi connectivity index (χ0v) is 8.52. The van der Waals surface area contributed by atoms with Crippen LogP contribution in [0, 0.1) is 0 Å². The first-order valence-corrected chi connectivity index (χ1v) is 4.17. The number of ether oxygens (including phenoxy) is 2. The molecule has 0 bridgehead atoms. The van der Waals surface area contributed by atoms with Gasteiger partial charge in [0.05, 0.1) is 13.2 Å². The van der Waals surface area contributed by atoms with Crippen LogP contribution in [0.2, 0.25) is 0 Å². The van der Waals surface area contributed by atoms with Crippen molar-refractivity contribution in [2.45, 2.75) is 32.2 Å². The second kappa shape index (κ2) is 5.96. The van der Waals surface area contributed by atoms with E-state index in [1.165, 1.54) is 21.1 Å². The molecule has 0 aliphatic carbocycles. The van der Waals surface area contributed by atoms with E-state index >= 15 is 0 Å². The summed E-state index contributed by atoms with van der Waals surface area (Å²) < 4.78 is 10.0. The van der Waals surface area contributed by atoms with Crippen molar-refractivity contribution in [3.63, 3.8) is 0 Å². The second-order valence-corrected chi connectivity index (χ2v) is 2.78. The van der Waals surface area contributed by atoms with Crippen molar-refractivity contribution in [3.05, 3.63) is 11.8 Å². The average molecular weight is 190 g/mol. The summed E-state index contributed by atoms with van der Waals surface area (Å²) in [5.41, 5.74) is 0. The number of rotatable bonds is 5. The second-order valence-electron chi connectivity index (χ2n) is 2.78. The third kappa shape index (κ3) is 3.34. The van der Waals surface area contributed by atoms with Gasteiger partial charge in [-0.25, -0.2) is 0 Å². The van der Waals surface area contributed by atoms with Crippen LogP contribution in [0.1, 0.15) is 13.8 Å². The molecule has 3 atom stereocenters. The van der Waals surface area contributed by atoms with Crippen molar-refractivity contribution >= 4 is 0 Å². The molecule has 2 N–H and O–H groups in total. The van der Waals surface area contributed by atoms with Crippen LogP contribution in [0.3, 0.4) is 0 Å². The van der Waals surface area contributed by atoms with Gasteiger partial charge in [-0.15, -0.1) is 0 Å². The van der Waals surface area contributed by atoms with E-state index in [4.69, 9.17) is 14.6 Å². The fourth-order valence-electron chi connectivity index (χ4n) is 1.08. The Hall–Kier alpha value is -0.580. The first-order chi connectivity index (χ1) is 6.08. The highest BCUT2D eigenvalue weighted by Gasteiger charge is 2.27. The molecule has 0 aromatic heterocycles. The predicted molar refractivity (Wildman–Crippen MR) is 49.3 cm³/mol. The van der Waals surface area contributed by atoms with Crippen LogP contribution in [0.5, 0.6) is 0 Å². The first-order valence-electron chi connectivity index (χ1n) is 4.17. The summed E-state index contributed by atoms with van der Waals surface area (Å²) >= 11 is 0. The third-order valence-corrected chi connectivity index (χ3v) is 1.86. The van der Waals surface area contributed by atoms with E-state index in [1.54, 1.807) is 13.0 Å². The van der Waals surface area contributed by atoms with Crippen molar-refractivity contribution in [3.8, 4) is 0 Å². The summed E-state index contributed by atoms with van der Waals surface area (Å²) in [5, 5.41) is 18.7. The Bertz CT molecular complexity index is 165. The largest absolute Gasteiger partial charge is 0.499 e. The zero-order valence-electron chi connectivity index (χ0n) is 8.52. The highest BCUT2D eigenvalue weighted by Crippen LogP contribution is 2.13. The lowest BCUT2D eigenvalue weighted by Crippen LogP contribution is -2.38. The molecule has 4 nitrogen and oxygen atoms in total. The van der Waals surface area contributed by atoms with E-state index in [1.807, 2.05) is 0 Å². The van der Waals surface area contributed by atoms with Gasteiger partial charge in [-0.3, -0.25) is 0 Å². The van der Waals surface area contributed by atoms with E-state index in [9.17, 15) is 5.11 Å². The van der Waals surface area contributed by atoms with Gasteiger partial charge in [0, 0.05) is 7.11 Å². The Morgan fingerprint density at radius 3 is 2.08 bits per heavy atom. The molecular weight excluding hydrogens is 172 g/mol. The van der Waals surface area contributed by atoms with E-state index in [0.717, 1.165) is 0 Å². The molecule has 0 aliphatic rings. The minimum absolute atomic E-state index is 0.510. The minimum atomic E-state index is -0.976. The summed E-state index contributed by atoms with van der Waals surface area (Å²) in [5.74, 6) is 0.510. The molecule has 0 fully saturated rings. The summed E-state index contributed by atoms with van der Waals surface area (Å²) in [4.78, 5) is 0. The van der Waals surface area contributed by atoms with Crippen molar-refractivity contribution < 1.29 is 19.7 Å². The number of aliphatic hydroxyl groups excluding tert-OH is 2. The molecular formula is C9H18O4. The monoisotopic (exact) mass is 190 g/mol. The van der Waals surface area contributed by atoms with Crippen molar-refractivity contribution in [2.24, 2.45) is 0 Å². The van der Waals surface area contributed by atoms with Crippen molar-refractivity contribution in [1.82, 2.24) is 0 Å². The molecule has 3 unspecified atom stereocenters. The lowest BCUT2D eigenvalue weighted by atomic mass is 10.1. The maximum absolute atomic E-state index is 9.52. The molecule has 0 radical (unpaired) electrons. The molecule has 0 heterocycles. The summed E-state index contributed by atoms with van der Waals surface area (Å²) in [6, 6.07) is 0. The molecule has 0 aliphatic heterocycles. The van der Waals surface area contributed by atoms with Gasteiger partial charge in [0.1, 0.15) is 18.0 Å². The van der Waals surface area contributed by atoms with Crippen LogP contribution >= 0.6 is 0 Å². The minimum Gasteiger partial charge on any atom is -0.499 e. The van der Waals surface area contributed by atoms with Gasteiger partial charge < -0.3 is 19.7 Å². The predicted octanol–water partition coefficient (Wildman–Crippen LogP) is 0.293. The Morgan fingerprint density at radius 2 is 1.85 bits per heavy atom. The molecule has 0 saturated heterocycles. The van der Waals surface area contributed by atoms with Crippen molar-refractivity contribution in [1.29, 1.82) is 0 Å². The van der Waals surface area contributed by atoms with Gasteiger partial charge in [-0.2, -0.15) is 0 Å². The fourth-order valence-corrected chi connectivity index (χ4v) is 1.08. The topological polar surface area (TPSA) is 58.9 Å². The van der Waals surface area contributed by atoms with Gasteiger partial charge in [0.25, 0.3) is 0 Å². The van der Waals surface area contributed by atoms with Crippen LogP contribution in [0.25, 0.3) is 0 Å². The fraction of sp³-hybridized carbons (Fsp3) is 0.778. The first kappa shape index (κ1) is 12.4. The summed E-state index contributed by atoms with van der Waals surface area (Å²) in [6.07, 6.45) is -0.749. The number of allylic oxidation sites excluding steroid dienone is 1. The average Bonchev–Trinajstić information content (AvgIpc) is 2.12. The molecule has 0 aromatic rings. The summed E-state index contributed by atoms with van der Waals surface area (Å²) in [7, 11) is 2.95. The maximum Gasteiger partial charge on any atom is 0.142 e. The van der Waals surface area contributed by atoms with Crippen LogP contribution in [0.4, 0.5) is 0 Å². The number of aliphatic hydroxyl groups is 2. The van der Waals surface area contributed by atoms with Crippen molar-refractivity contribution in [2.75, 3.05) is 14.2 Å². The normalized spacial score (nSPS) is 19.4. The Balaban J connectivity index is 4.48. The molecule has 0 aromatic carbocycles. The Labute approximate surface area is 78.8 Å². The van der Waals surface area contributed by atoms with Crippen LogP contribution in [-0.4, -0.2) is 42.7 Å². The molecule has 78 valence electrons. The zero-order chi connectivity index (χ0) is 10.4. The van der Waals surface area contributed by atoms with Gasteiger partial charge in [-0.1, -0.05) is 0 Å². The van der Waals surface area contributed by atoms with Crippen LogP contribution < -0.4 is 0 Å². The number of hydrogen-bond acceptors (Lipinski definition) is 4. The van der Waals surface area contributed by atoms with Gasteiger partial charge in [0.2, 0.25) is 0 Å². The Morgan fingerprint density at radius 1 is 1.31 bits per heavy atom. The highest BCUT2D eigenvalue weighted by molar-refractivity contribution is 5.02. The third-order valence-electron chi connectivity index (χ3n) is 1.86. The Kier molecular flexibility index (Phi) is 5.70. The highest BCUT2D eigenvalue weighted by atomic mass is 16.5. The quantitative estimate of drug-likeness (QED) is 0.612. The van der Waals surface area contributed by atoms with E-state index in [2.05, 4.69) is 0 Å². The molecule has 13 heavy (non-hydrogen) atoms. The number of hydrogen-bond donors (Lipinski definition) is 2. The maximum atomic E-state index is 9.52. The van der Waals surface area contributed by atoms with E-state index in [-0.39, 0.29) is 0 Å². The van der Waals surface area contributed by atoms with E-state index < -0.39 is 18.3 Å². The molecule has 0 rings (SSSR count). The SMILES string of the molecule is C/C=C(/OC)C(OC)C(O)C(C)O. The molecule has 0 saturated carbocycles.